The van der Waals surface area contributed by atoms with Crippen LogP contribution < -0.4 is 5.32 Å². The second-order valence-electron chi connectivity index (χ2n) is 4.02. The zero-order valence-electron chi connectivity index (χ0n) is 9.51. The van der Waals surface area contributed by atoms with E-state index in [1.54, 1.807) is 7.11 Å². The van der Waals surface area contributed by atoms with Gasteiger partial charge in [0.1, 0.15) is 0 Å². The van der Waals surface area contributed by atoms with Gasteiger partial charge in [0.25, 0.3) is 0 Å². The first-order chi connectivity index (χ1) is 7.33. The fourth-order valence-electron chi connectivity index (χ4n) is 1.78. The van der Waals surface area contributed by atoms with Crippen LogP contribution in [0.5, 0.6) is 0 Å². The number of hydrogen-bond donors (Lipinski definition) is 1. The Balaban J connectivity index is 1.84. The molecule has 2 unspecified atom stereocenters. The van der Waals surface area contributed by atoms with E-state index in [1.807, 2.05) is 0 Å². The van der Waals surface area contributed by atoms with Crippen LogP contribution in [0.1, 0.15) is 25.7 Å². The van der Waals surface area contributed by atoms with Gasteiger partial charge in [0.2, 0.25) is 0 Å². The summed E-state index contributed by atoms with van der Waals surface area (Å²) in [6, 6.07) is 0. The van der Waals surface area contributed by atoms with Gasteiger partial charge >= 0.3 is 0 Å². The van der Waals surface area contributed by atoms with Gasteiger partial charge in [-0.25, -0.2) is 0 Å². The van der Waals surface area contributed by atoms with Crippen molar-refractivity contribution >= 4 is 11.6 Å². The first-order valence-corrected chi connectivity index (χ1v) is 6.22. The maximum atomic E-state index is 6.00. The molecule has 0 radical (unpaired) electrons. The summed E-state index contributed by atoms with van der Waals surface area (Å²) in [7, 11) is 1.68. The highest BCUT2D eigenvalue weighted by Crippen LogP contribution is 2.14. The standard InChI is InChI=1S/C11H22ClNO2/c1-14-9-10(12)4-6-13-7-5-11-3-2-8-15-11/h10-11,13H,2-9H2,1H3. The smallest absolute Gasteiger partial charge is 0.0626 e. The molecule has 0 aromatic rings. The third-order valence-electron chi connectivity index (χ3n) is 2.65. The SMILES string of the molecule is COCC(Cl)CCNCCC1CCCO1. The monoisotopic (exact) mass is 235 g/mol. The number of ether oxygens (including phenoxy) is 2. The average Bonchev–Trinajstić information content (AvgIpc) is 2.70. The summed E-state index contributed by atoms with van der Waals surface area (Å²) in [6.45, 7) is 3.57. The quantitative estimate of drug-likeness (QED) is 0.514. The number of rotatable bonds is 8. The van der Waals surface area contributed by atoms with Crippen LogP contribution in [-0.2, 0) is 9.47 Å². The van der Waals surface area contributed by atoms with E-state index in [-0.39, 0.29) is 5.38 Å². The van der Waals surface area contributed by atoms with Crippen molar-refractivity contribution in [1.29, 1.82) is 0 Å². The molecule has 1 N–H and O–H groups in total. The van der Waals surface area contributed by atoms with Gasteiger partial charge in [0.05, 0.1) is 18.1 Å². The molecule has 1 rings (SSSR count). The summed E-state index contributed by atoms with van der Waals surface area (Å²) in [5.41, 5.74) is 0. The minimum atomic E-state index is 0.130. The van der Waals surface area contributed by atoms with E-state index in [2.05, 4.69) is 5.32 Å². The highest BCUT2D eigenvalue weighted by atomic mass is 35.5. The number of hydrogen-bond acceptors (Lipinski definition) is 3. The van der Waals surface area contributed by atoms with Gasteiger partial charge < -0.3 is 14.8 Å². The van der Waals surface area contributed by atoms with Gasteiger partial charge in [-0.1, -0.05) is 0 Å². The van der Waals surface area contributed by atoms with Crippen LogP contribution in [0.15, 0.2) is 0 Å². The van der Waals surface area contributed by atoms with Crippen LogP contribution in [0.3, 0.4) is 0 Å². The van der Waals surface area contributed by atoms with Gasteiger partial charge in [-0.3, -0.25) is 0 Å². The van der Waals surface area contributed by atoms with Crippen LogP contribution in [0, 0.1) is 0 Å². The van der Waals surface area contributed by atoms with E-state index in [0.717, 1.165) is 32.5 Å². The van der Waals surface area contributed by atoms with Crippen molar-refractivity contribution < 1.29 is 9.47 Å². The van der Waals surface area contributed by atoms with E-state index in [1.165, 1.54) is 12.8 Å². The summed E-state index contributed by atoms with van der Waals surface area (Å²) >= 11 is 6.00. The summed E-state index contributed by atoms with van der Waals surface area (Å²) in [4.78, 5) is 0. The molecular weight excluding hydrogens is 214 g/mol. The molecule has 1 aliphatic rings. The second-order valence-corrected chi connectivity index (χ2v) is 4.63. The number of halogens is 1. The van der Waals surface area contributed by atoms with Gasteiger partial charge in [0.15, 0.2) is 0 Å². The Kier molecular flexibility index (Phi) is 7.36. The zero-order valence-corrected chi connectivity index (χ0v) is 10.3. The average molecular weight is 236 g/mol. The van der Waals surface area contributed by atoms with E-state index in [9.17, 15) is 0 Å². The van der Waals surface area contributed by atoms with Crippen LogP contribution in [-0.4, -0.2) is 44.9 Å². The number of nitrogens with one attached hydrogen (secondary N) is 1. The van der Waals surface area contributed by atoms with Gasteiger partial charge in [0, 0.05) is 13.7 Å². The largest absolute Gasteiger partial charge is 0.383 e. The normalized spacial score (nSPS) is 23.2. The minimum Gasteiger partial charge on any atom is -0.383 e. The lowest BCUT2D eigenvalue weighted by molar-refractivity contribution is 0.104. The van der Waals surface area contributed by atoms with Crippen molar-refractivity contribution in [3.8, 4) is 0 Å². The molecule has 0 aromatic carbocycles. The third kappa shape index (κ3) is 6.36. The molecular formula is C11H22ClNO2. The Bertz CT molecular complexity index is 152. The summed E-state index contributed by atoms with van der Waals surface area (Å²) in [6.07, 6.45) is 5.02. The third-order valence-corrected chi connectivity index (χ3v) is 2.99. The number of alkyl halides is 1. The summed E-state index contributed by atoms with van der Waals surface area (Å²) in [5, 5.41) is 3.51. The maximum Gasteiger partial charge on any atom is 0.0626 e. The van der Waals surface area contributed by atoms with E-state index in [0.29, 0.717) is 12.7 Å². The van der Waals surface area contributed by atoms with Crippen molar-refractivity contribution in [2.75, 3.05) is 33.4 Å². The van der Waals surface area contributed by atoms with E-state index in [4.69, 9.17) is 21.1 Å². The minimum absolute atomic E-state index is 0.130. The first kappa shape index (κ1) is 13.2. The molecule has 2 atom stereocenters. The van der Waals surface area contributed by atoms with Crippen LogP contribution in [0.4, 0.5) is 0 Å². The predicted molar refractivity (Wildman–Crippen MR) is 62.6 cm³/mol. The fourth-order valence-corrected chi connectivity index (χ4v) is 2.02. The Hall–Kier alpha value is 0.170. The van der Waals surface area contributed by atoms with E-state index >= 15 is 0 Å². The molecule has 1 heterocycles. The Morgan fingerprint density at radius 3 is 3.07 bits per heavy atom. The highest BCUT2D eigenvalue weighted by Gasteiger charge is 2.14. The van der Waals surface area contributed by atoms with Crippen LogP contribution in [0.2, 0.25) is 0 Å². The molecule has 1 aliphatic heterocycles. The van der Waals surface area contributed by atoms with Gasteiger partial charge in [-0.2, -0.15) is 0 Å². The second kappa shape index (κ2) is 8.34. The number of methoxy groups -OCH3 is 1. The topological polar surface area (TPSA) is 30.5 Å². The molecule has 0 saturated carbocycles. The van der Waals surface area contributed by atoms with Gasteiger partial charge in [-0.05, 0) is 38.8 Å². The zero-order chi connectivity index (χ0) is 10.9. The Morgan fingerprint density at radius 2 is 2.40 bits per heavy atom. The highest BCUT2D eigenvalue weighted by molar-refractivity contribution is 6.20. The molecule has 1 fully saturated rings. The lowest BCUT2D eigenvalue weighted by Gasteiger charge is -2.11. The maximum absolute atomic E-state index is 6.00. The lowest BCUT2D eigenvalue weighted by atomic mass is 10.2. The molecule has 0 amide bonds. The molecule has 0 bridgehead atoms. The Morgan fingerprint density at radius 1 is 1.53 bits per heavy atom. The Labute approximate surface area is 97.5 Å². The van der Waals surface area contributed by atoms with Crippen molar-refractivity contribution in [2.24, 2.45) is 0 Å². The molecule has 4 heteroatoms. The van der Waals surface area contributed by atoms with Crippen LogP contribution in [0.25, 0.3) is 0 Å². The molecule has 15 heavy (non-hydrogen) atoms. The fraction of sp³-hybridized carbons (Fsp3) is 1.00. The molecule has 3 nitrogen and oxygen atoms in total. The van der Waals surface area contributed by atoms with Crippen molar-refractivity contribution in [2.45, 2.75) is 37.2 Å². The summed E-state index contributed by atoms with van der Waals surface area (Å²) in [5.74, 6) is 0. The van der Waals surface area contributed by atoms with Crippen molar-refractivity contribution in [3.05, 3.63) is 0 Å². The lowest BCUT2D eigenvalue weighted by Crippen LogP contribution is -2.24. The predicted octanol–water partition coefficient (Wildman–Crippen LogP) is 1.79. The van der Waals surface area contributed by atoms with Crippen molar-refractivity contribution in [3.63, 3.8) is 0 Å². The molecule has 0 aliphatic carbocycles. The molecule has 1 saturated heterocycles. The molecule has 0 spiro atoms. The molecule has 90 valence electrons. The van der Waals surface area contributed by atoms with Crippen molar-refractivity contribution in [1.82, 2.24) is 5.32 Å². The first-order valence-electron chi connectivity index (χ1n) is 5.78. The van der Waals surface area contributed by atoms with Gasteiger partial charge in [-0.15, -0.1) is 11.6 Å². The summed E-state index contributed by atoms with van der Waals surface area (Å²) < 4.78 is 10.5. The van der Waals surface area contributed by atoms with Crippen LogP contribution >= 0.6 is 11.6 Å². The van der Waals surface area contributed by atoms with E-state index < -0.39 is 0 Å². The molecule has 0 aromatic heterocycles.